The molecule has 1 aliphatic carbocycles. The van der Waals surface area contributed by atoms with Crippen molar-refractivity contribution in [3.8, 4) is 0 Å². The van der Waals surface area contributed by atoms with Gasteiger partial charge in [0, 0.05) is 23.1 Å². The summed E-state index contributed by atoms with van der Waals surface area (Å²) in [7, 11) is 0. The number of nitrogens with zero attached hydrogens (tertiary/aromatic N) is 2. The number of amides is 1. The van der Waals surface area contributed by atoms with E-state index in [0.717, 1.165) is 28.1 Å². The van der Waals surface area contributed by atoms with Gasteiger partial charge in [-0.25, -0.2) is 4.39 Å². The number of benzene rings is 2. The van der Waals surface area contributed by atoms with Gasteiger partial charge >= 0.3 is 0 Å². The van der Waals surface area contributed by atoms with Gasteiger partial charge in [0.15, 0.2) is 5.78 Å². The second-order valence-corrected chi connectivity index (χ2v) is 8.48. The molecule has 0 radical (unpaired) electrons. The van der Waals surface area contributed by atoms with Crippen LogP contribution in [0.1, 0.15) is 64.2 Å². The van der Waals surface area contributed by atoms with Crippen molar-refractivity contribution in [2.75, 3.05) is 0 Å². The number of carbonyl (C=O) groups is 2. The van der Waals surface area contributed by atoms with Gasteiger partial charge < -0.3 is 5.32 Å². The lowest BCUT2D eigenvalue weighted by Gasteiger charge is -2.33. The quantitative estimate of drug-likeness (QED) is 0.687. The zero-order valence-electron chi connectivity index (χ0n) is 18.1. The largest absolute Gasteiger partial charge is 0.341 e. The molecule has 0 saturated heterocycles. The van der Waals surface area contributed by atoms with Gasteiger partial charge in [0.2, 0.25) is 0 Å². The van der Waals surface area contributed by atoms with Gasteiger partial charge in [-0.2, -0.15) is 5.10 Å². The van der Waals surface area contributed by atoms with Crippen LogP contribution in [0.3, 0.4) is 0 Å². The molecule has 160 valence electrons. The molecule has 1 aromatic heterocycles. The number of Topliss-reactive ketones (excluding diaryl/α,β-unsaturated/α-hetero) is 1. The van der Waals surface area contributed by atoms with Gasteiger partial charge in [-0.15, -0.1) is 0 Å². The molecule has 5 nitrogen and oxygen atoms in total. The minimum Gasteiger partial charge on any atom is -0.341 e. The minimum atomic E-state index is -0.755. The SMILES string of the molecule is Cc1cccc(C(=O)N[C@@H]2C(=O)Cc3c(c(C)nn3C(C)C)[C@@H]2c2ccc(F)cc2)c1. The van der Waals surface area contributed by atoms with E-state index in [2.05, 4.69) is 10.4 Å². The first-order chi connectivity index (χ1) is 14.8. The fourth-order valence-corrected chi connectivity index (χ4v) is 4.45. The molecule has 3 aromatic rings. The van der Waals surface area contributed by atoms with Crippen molar-refractivity contribution >= 4 is 11.7 Å². The number of hydrogen-bond acceptors (Lipinski definition) is 3. The van der Waals surface area contributed by atoms with Crippen LogP contribution in [-0.2, 0) is 11.2 Å². The summed E-state index contributed by atoms with van der Waals surface area (Å²) < 4.78 is 15.5. The van der Waals surface area contributed by atoms with E-state index in [9.17, 15) is 14.0 Å². The zero-order valence-corrected chi connectivity index (χ0v) is 18.1. The molecule has 0 aliphatic heterocycles. The molecule has 2 atom stereocenters. The summed E-state index contributed by atoms with van der Waals surface area (Å²) in [5.41, 5.74) is 4.87. The fraction of sp³-hybridized carbons (Fsp3) is 0.320. The second kappa shape index (κ2) is 8.10. The Balaban J connectivity index is 1.81. The maximum Gasteiger partial charge on any atom is 0.251 e. The summed E-state index contributed by atoms with van der Waals surface area (Å²) in [6.45, 7) is 7.88. The number of aryl methyl sites for hydroxylation is 2. The standard InChI is InChI=1S/C25H26FN3O2/c1-14(2)29-20-13-21(30)24(27-25(31)18-7-5-6-15(3)12-18)23(22(20)16(4)28-29)17-8-10-19(26)11-9-17/h5-12,14,23-24H,13H2,1-4H3,(H,27,31)/t23-,24+/m0/s1. The smallest absolute Gasteiger partial charge is 0.251 e. The number of fused-ring (bicyclic) bond motifs is 1. The van der Waals surface area contributed by atoms with Gasteiger partial charge in [-0.05, 0) is 57.5 Å². The van der Waals surface area contributed by atoms with E-state index in [4.69, 9.17) is 0 Å². The molecule has 0 unspecified atom stereocenters. The lowest BCUT2D eigenvalue weighted by molar-refractivity contribution is -0.121. The minimum absolute atomic E-state index is 0.0790. The number of rotatable bonds is 4. The van der Waals surface area contributed by atoms with Crippen LogP contribution in [0.2, 0.25) is 0 Å². The van der Waals surface area contributed by atoms with E-state index in [1.54, 1.807) is 24.3 Å². The third-order valence-corrected chi connectivity index (χ3v) is 5.85. The van der Waals surface area contributed by atoms with Gasteiger partial charge in [0.05, 0.1) is 23.9 Å². The van der Waals surface area contributed by atoms with Crippen LogP contribution in [0.4, 0.5) is 4.39 Å². The van der Waals surface area contributed by atoms with E-state index in [1.165, 1.54) is 12.1 Å². The highest BCUT2D eigenvalue weighted by Crippen LogP contribution is 2.38. The Labute approximate surface area is 181 Å². The lowest BCUT2D eigenvalue weighted by atomic mass is 9.76. The lowest BCUT2D eigenvalue weighted by Crippen LogP contribution is -2.48. The van der Waals surface area contributed by atoms with Crippen LogP contribution < -0.4 is 5.32 Å². The molecule has 1 heterocycles. The molecule has 31 heavy (non-hydrogen) atoms. The third kappa shape index (κ3) is 3.90. The Morgan fingerprint density at radius 2 is 1.87 bits per heavy atom. The molecule has 6 heteroatoms. The highest BCUT2D eigenvalue weighted by Gasteiger charge is 2.41. The van der Waals surface area contributed by atoms with Crippen LogP contribution in [0.5, 0.6) is 0 Å². The predicted molar refractivity (Wildman–Crippen MR) is 117 cm³/mol. The number of aromatic nitrogens is 2. The van der Waals surface area contributed by atoms with Crippen molar-refractivity contribution in [2.24, 2.45) is 0 Å². The van der Waals surface area contributed by atoms with Crippen molar-refractivity contribution in [1.82, 2.24) is 15.1 Å². The van der Waals surface area contributed by atoms with Crippen LogP contribution >= 0.6 is 0 Å². The molecule has 1 N–H and O–H groups in total. The Bertz CT molecular complexity index is 1150. The predicted octanol–water partition coefficient (Wildman–Crippen LogP) is 4.28. The highest BCUT2D eigenvalue weighted by atomic mass is 19.1. The summed E-state index contributed by atoms with van der Waals surface area (Å²) >= 11 is 0. The average molecular weight is 420 g/mol. The number of hydrogen-bond donors (Lipinski definition) is 1. The summed E-state index contributed by atoms with van der Waals surface area (Å²) in [6.07, 6.45) is 0.199. The van der Waals surface area contributed by atoms with Crippen molar-refractivity contribution in [3.63, 3.8) is 0 Å². The van der Waals surface area contributed by atoms with Crippen LogP contribution in [0.25, 0.3) is 0 Å². The first kappa shape index (κ1) is 21.0. The number of halogens is 1. The summed E-state index contributed by atoms with van der Waals surface area (Å²) in [6, 6.07) is 12.7. The molecular formula is C25H26FN3O2. The molecule has 0 saturated carbocycles. The van der Waals surface area contributed by atoms with Gasteiger partial charge in [0.1, 0.15) is 5.82 Å². The van der Waals surface area contributed by atoms with Crippen molar-refractivity contribution < 1.29 is 14.0 Å². The normalized spacial score (nSPS) is 18.2. The first-order valence-electron chi connectivity index (χ1n) is 10.5. The monoisotopic (exact) mass is 419 g/mol. The second-order valence-electron chi connectivity index (χ2n) is 8.48. The zero-order chi connectivity index (χ0) is 22.3. The summed E-state index contributed by atoms with van der Waals surface area (Å²) in [4.78, 5) is 26.3. The van der Waals surface area contributed by atoms with Crippen LogP contribution in [0.15, 0.2) is 48.5 Å². The average Bonchev–Trinajstić information content (AvgIpc) is 3.05. The molecule has 0 spiro atoms. The number of carbonyl (C=O) groups excluding carboxylic acids is 2. The topological polar surface area (TPSA) is 64.0 Å². The maximum atomic E-state index is 13.6. The molecule has 2 aromatic carbocycles. The van der Waals surface area contributed by atoms with Gasteiger partial charge in [0.25, 0.3) is 5.91 Å². The van der Waals surface area contributed by atoms with Gasteiger partial charge in [-0.1, -0.05) is 29.8 Å². The van der Waals surface area contributed by atoms with E-state index in [1.807, 2.05) is 44.5 Å². The molecule has 4 rings (SSSR count). The highest BCUT2D eigenvalue weighted by molar-refractivity contribution is 5.99. The molecule has 1 amide bonds. The van der Waals surface area contributed by atoms with Gasteiger partial charge in [-0.3, -0.25) is 14.3 Å². The van der Waals surface area contributed by atoms with Crippen molar-refractivity contribution in [2.45, 2.75) is 52.1 Å². The summed E-state index contributed by atoms with van der Waals surface area (Å²) in [5, 5.41) is 7.64. The van der Waals surface area contributed by atoms with E-state index in [0.29, 0.717) is 5.56 Å². The fourth-order valence-electron chi connectivity index (χ4n) is 4.45. The molecular weight excluding hydrogens is 393 g/mol. The number of nitrogens with one attached hydrogen (secondary N) is 1. The van der Waals surface area contributed by atoms with E-state index in [-0.39, 0.29) is 30.0 Å². The van der Waals surface area contributed by atoms with Crippen LogP contribution in [-0.4, -0.2) is 27.5 Å². The Hall–Kier alpha value is -3.28. The first-order valence-corrected chi connectivity index (χ1v) is 10.5. The third-order valence-electron chi connectivity index (χ3n) is 5.85. The summed E-state index contributed by atoms with van der Waals surface area (Å²) in [5.74, 6) is -1.16. The number of ketones is 1. The van der Waals surface area contributed by atoms with E-state index < -0.39 is 12.0 Å². The van der Waals surface area contributed by atoms with Crippen LogP contribution in [0, 0.1) is 19.7 Å². The maximum absolute atomic E-state index is 13.6. The van der Waals surface area contributed by atoms with Crippen molar-refractivity contribution in [3.05, 3.63) is 88.0 Å². The Morgan fingerprint density at radius 1 is 1.16 bits per heavy atom. The Kier molecular flexibility index (Phi) is 5.48. The van der Waals surface area contributed by atoms with E-state index >= 15 is 0 Å². The Morgan fingerprint density at radius 3 is 2.52 bits per heavy atom. The van der Waals surface area contributed by atoms with Crippen molar-refractivity contribution in [1.29, 1.82) is 0 Å². The molecule has 0 fully saturated rings. The molecule has 1 aliphatic rings. The molecule has 0 bridgehead atoms.